The first-order valence-corrected chi connectivity index (χ1v) is 7.72. The number of rotatable bonds is 3. The van der Waals surface area contributed by atoms with E-state index in [1.54, 1.807) is 31.2 Å². The van der Waals surface area contributed by atoms with Gasteiger partial charge < -0.3 is 10.2 Å². The molecule has 7 heteroatoms. The van der Waals surface area contributed by atoms with Crippen molar-refractivity contribution in [2.75, 3.05) is 23.3 Å². The van der Waals surface area contributed by atoms with Crippen LogP contribution in [-0.4, -0.2) is 44.1 Å². The molecule has 0 radical (unpaired) electrons. The lowest BCUT2D eigenvalue weighted by Crippen LogP contribution is -2.39. The average Bonchev–Trinajstić information content (AvgIpc) is 2.63. The number of piperidine rings is 1. The van der Waals surface area contributed by atoms with Gasteiger partial charge in [-0.3, -0.25) is 4.98 Å². The average molecular weight is 307 g/mol. The number of nitrogens with one attached hydrogen (secondary N) is 1. The normalized spacial score (nSPS) is 15.7. The van der Waals surface area contributed by atoms with Crippen molar-refractivity contribution in [3.8, 4) is 0 Å². The quantitative estimate of drug-likeness (QED) is 0.791. The minimum Gasteiger partial charge on any atom is -0.367 e. The highest BCUT2D eigenvalue weighted by Crippen LogP contribution is 2.25. The third kappa shape index (κ3) is 2.90. The van der Waals surface area contributed by atoms with Crippen LogP contribution in [-0.2, 0) is 0 Å². The van der Waals surface area contributed by atoms with E-state index in [9.17, 15) is 0 Å². The van der Waals surface area contributed by atoms with Crippen LogP contribution >= 0.6 is 0 Å². The Kier molecular flexibility index (Phi) is 3.67. The van der Waals surface area contributed by atoms with Crippen LogP contribution in [0.1, 0.15) is 12.8 Å². The molecule has 4 heterocycles. The minimum absolute atomic E-state index is 0.427. The topological polar surface area (TPSA) is 79.7 Å². The maximum atomic E-state index is 4.49. The Bertz CT molecular complexity index is 779. The molecule has 0 spiro atoms. The van der Waals surface area contributed by atoms with Crippen molar-refractivity contribution in [1.82, 2.24) is 24.9 Å². The molecule has 0 bridgehead atoms. The molecule has 1 aliphatic rings. The molecule has 4 rings (SSSR count). The van der Waals surface area contributed by atoms with E-state index in [0.29, 0.717) is 6.04 Å². The lowest BCUT2D eigenvalue weighted by Gasteiger charge is -2.33. The molecule has 1 saturated heterocycles. The Balaban J connectivity index is 1.47. The molecule has 0 aliphatic carbocycles. The van der Waals surface area contributed by atoms with E-state index >= 15 is 0 Å². The van der Waals surface area contributed by atoms with Crippen molar-refractivity contribution in [1.29, 1.82) is 0 Å². The van der Waals surface area contributed by atoms with Crippen molar-refractivity contribution in [2.45, 2.75) is 18.9 Å². The van der Waals surface area contributed by atoms with Gasteiger partial charge in [0.25, 0.3) is 0 Å². The van der Waals surface area contributed by atoms with E-state index in [0.717, 1.165) is 48.5 Å². The van der Waals surface area contributed by atoms with Gasteiger partial charge in [0, 0.05) is 36.9 Å². The zero-order valence-corrected chi connectivity index (χ0v) is 12.6. The molecule has 0 amide bonds. The molecular formula is C16H17N7. The molecule has 23 heavy (non-hydrogen) atoms. The van der Waals surface area contributed by atoms with Gasteiger partial charge >= 0.3 is 0 Å². The van der Waals surface area contributed by atoms with Crippen molar-refractivity contribution in [3.05, 3.63) is 43.4 Å². The van der Waals surface area contributed by atoms with Gasteiger partial charge in [-0.25, -0.2) is 19.9 Å². The predicted molar refractivity (Wildman–Crippen MR) is 88.2 cm³/mol. The summed E-state index contributed by atoms with van der Waals surface area (Å²) < 4.78 is 0. The highest BCUT2D eigenvalue weighted by atomic mass is 15.2. The number of fused-ring (bicyclic) bond motifs is 1. The number of pyridine rings is 1. The molecule has 7 nitrogen and oxygen atoms in total. The molecule has 0 unspecified atom stereocenters. The molecule has 3 aromatic heterocycles. The third-order valence-corrected chi connectivity index (χ3v) is 4.15. The summed E-state index contributed by atoms with van der Waals surface area (Å²) >= 11 is 0. The van der Waals surface area contributed by atoms with Crippen LogP contribution in [0.2, 0.25) is 0 Å². The molecule has 0 atom stereocenters. The largest absolute Gasteiger partial charge is 0.367 e. The smallest absolute Gasteiger partial charge is 0.139 e. The van der Waals surface area contributed by atoms with Crippen molar-refractivity contribution in [3.63, 3.8) is 0 Å². The molecule has 0 aromatic carbocycles. The van der Waals surface area contributed by atoms with Crippen LogP contribution in [0.4, 0.5) is 11.6 Å². The number of anilines is 2. The molecule has 1 aliphatic heterocycles. The fourth-order valence-electron chi connectivity index (χ4n) is 2.97. The predicted octanol–water partition coefficient (Wildman–Crippen LogP) is 1.90. The van der Waals surface area contributed by atoms with Gasteiger partial charge in [0.05, 0.1) is 11.7 Å². The number of hydrogen-bond donors (Lipinski definition) is 1. The first-order chi connectivity index (χ1) is 11.4. The lowest BCUT2D eigenvalue weighted by molar-refractivity contribution is 0.523. The summed E-state index contributed by atoms with van der Waals surface area (Å²) in [6, 6.07) is 4.31. The van der Waals surface area contributed by atoms with E-state index in [1.807, 2.05) is 12.1 Å². The number of hydrogen-bond acceptors (Lipinski definition) is 7. The van der Waals surface area contributed by atoms with Crippen LogP contribution in [0, 0.1) is 0 Å². The fourth-order valence-corrected chi connectivity index (χ4v) is 2.97. The maximum Gasteiger partial charge on any atom is 0.139 e. The summed E-state index contributed by atoms with van der Waals surface area (Å²) in [5, 5.41) is 4.53. The van der Waals surface area contributed by atoms with Gasteiger partial charge in [-0.1, -0.05) is 0 Å². The standard InChI is InChI=1S/C16H17N7/c1-5-17-9-14-13(1)16(21-11-19-14)23-7-3-12(4-8-23)22-15-2-6-18-10-20-15/h1-2,5-6,9-12H,3-4,7-8H2,(H,18,20,22). The van der Waals surface area contributed by atoms with Crippen molar-refractivity contribution < 1.29 is 0 Å². The van der Waals surface area contributed by atoms with Gasteiger partial charge in [0.2, 0.25) is 0 Å². The van der Waals surface area contributed by atoms with Crippen molar-refractivity contribution in [2.24, 2.45) is 0 Å². The van der Waals surface area contributed by atoms with Crippen LogP contribution < -0.4 is 10.2 Å². The van der Waals surface area contributed by atoms with Crippen LogP contribution in [0.25, 0.3) is 10.9 Å². The van der Waals surface area contributed by atoms with Crippen LogP contribution in [0.3, 0.4) is 0 Å². The summed E-state index contributed by atoms with van der Waals surface area (Å²) in [6.07, 6.45) is 10.6. The van der Waals surface area contributed by atoms with Crippen LogP contribution in [0.15, 0.2) is 43.4 Å². The fraction of sp³-hybridized carbons (Fsp3) is 0.312. The first-order valence-electron chi connectivity index (χ1n) is 7.72. The van der Waals surface area contributed by atoms with E-state index in [2.05, 4.69) is 35.1 Å². The van der Waals surface area contributed by atoms with Gasteiger partial charge in [-0.2, -0.15) is 0 Å². The molecular weight excluding hydrogens is 290 g/mol. The zero-order valence-electron chi connectivity index (χ0n) is 12.6. The van der Waals surface area contributed by atoms with Gasteiger partial charge in [0.15, 0.2) is 0 Å². The monoisotopic (exact) mass is 307 g/mol. The molecule has 116 valence electrons. The second-order valence-electron chi connectivity index (χ2n) is 5.59. The molecule has 3 aromatic rings. The second-order valence-corrected chi connectivity index (χ2v) is 5.59. The minimum atomic E-state index is 0.427. The zero-order chi connectivity index (χ0) is 15.5. The van der Waals surface area contributed by atoms with E-state index in [4.69, 9.17) is 0 Å². The Hall–Kier alpha value is -2.83. The summed E-state index contributed by atoms with van der Waals surface area (Å²) in [5.74, 6) is 1.88. The summed E-state index contributed by atoms with van der Waals surface area (Å²) in [4.78, 5) is 23.4. The Morgan fingerprint density at radius 2 is 1.83 bits per heavy atom. The number of nitrogens with zero attached hydrogens (tertiary/aromatic N) is 6. The summed E-state index contributed by atoms with van der Waals surface area (Å²) in [7, 11) is 0. The Labute approximate surface area is 133 Å². The van der Waals surface area contributed by atoms with Gasteiger partial charge in [-0.15, -0.1) is 0 Å². The van der Waals surface area contributed by atoms with Crippen LogP contribution in [0.5, 0.6) is 0 Å². The summed E-state index contributed by atoms with van der Waals surface area (Å²) in [5.41, 5.74) is 0.888. The highest BCUT2D eigenvalue weighted by Gasteiger charge is 2.21. The molecule has 1 N–H and O–H groups in total. The maximum absolute atomic E-state index is 4.49. The molecule has 0 saturated carbocycles. The summed E-state index contributed by atoms with van der Waals surface area (Å²) in [6.45, 7) is 1.91. The Morgan fingerprint density at radius 3 is 2.65 bits per heavy atom. The van der Waals surface area contributed by atoms with E-state index in [1.165, 1.54) is 0 Å². The highest BCUT2D eigenvalue weighted by molar-refractivity contribution is 5.88. The first kappa shape index (κ1) is 13.8. The van der Waals surface area contributed by atoms with Gasteiger partial charge in [-0.05, 0) is 25.0 Å². The number of aromatic nitrogens is 5. The lowest BCUT2D eigenvalue weighted by atomic mass is 10.0. The van der Waals surface area contributed by atoms with Crippen molar-refractivity contribution >= 4 is 22.5 Å². The van der Waals surface area contributed by atoms with E-state index in [-0.39, 0.29) is 0 Å². The molecule has 1 fully saturated rings. The third-order valence-electron chi connectivity index (χ3n) is 4.15. The van der Waals surface area contributed by atoms with E-state index < -0.39 is 0 Å². The SMILES string of the molecule is c1cc(NC2CCN(c3ncnc4cnccc34)CC2)ncn1. The Morgan fingerprint density at radius 1 is 0.957 bits per heavy atom. The second kappa shape index (κ2) is 6.12. The van der Waals surface area contributed by atoms with Gasteiger partial charge in [0.1, 0.15) is 24.3 Å².